The summed E-state index contributed by atoms with van der Waals surface area (Å²) in [5.41, 5.74) is 4.40. The van der Waals surface area contributed by atoms with Gasteiger partial charge in [-0.05, 0) is 43.7 Å². The summed E-state index contributed by atoms with van der Waals surface area (Å²) in [6.07, 6.45) is 0. The standard InChI is InChI=1S/C16H15ClN2/c1-11-6-5-7-13(10-11)19-15-9-4-3-8-14(15)18-16(19)12(2)17/h3-10,12H,1-2H3. The summed E-state index contributed by atoms with van der Waals surface area (Å²) >= 11 is 6.29. The predicted molar refractivity (Wildman–Crippen MR) is 80.1 cm³/mol. The van der Waals surface area contributed by atoms with Crippen molar-refractivity contribution in [3.05, 3.63) is 59.9 Å². The van der Waals surface area contributed by atoms with E-state index in [-0.39, 0.29) is 5.38 Å². The molecule has 0 radical (unpaired) electrons. The molecule has 3 rings (SSSR count). The minimum atomic E-state index is -0.132. The average molecular weight is 271 g/mol. The van der Waals surface area contributed by atoms with E-state index in [1.54, 1.807) is 0 Å². The van der Waals surface area contributed by atoms with Gasteiger partial charge in [0.1, 0.15) is 5.82 Å². The SMILES string of the molecule is Cc1cccc(-n2c(C(C)Cl)nc3ccccc32)c1. The Kier molecular flexibility index (Phi) is 3.03. The average Bonchev–Trinajstić information content (AvgIpc) is 2.78. The zero-order chi connectivity index (χ0) is 13.4. The molecule has 3 heteroatoms. The fraction of sp³-hybridized carbons (Fsp3) is 0.188. The van der Waals surface area contributed by atoms with Gasteiger partial charge in [0.05, 0.1) is 16.4 Å². The maximum absolute atomic E-state index is 6.29. The fourth-order valence-electron chi connectivity index (χ4n) is 2.35. The minimum absolute atomic E-state index is 0.132. The van der Waals surface area contributed by atoms with Crippen molar-refractivity contribution < 1.29 is 0 Å². The highest BCUT2D eigenvalue weighted by Gasteiger charge is 2.15. The number of para-hydroxylation sites is 2. The first-order chi connectivity index (χ1) is 9.16. The topological polar surface area (TPSA) is 17.8 Å². The number of rotatable bonds is 2. The van der Waals surface area contributed by atoms with Crippen LogP contribution in [-0.2, 0) is 0 Å². The van der Waals surface area contributed by atoms with E-state index in [0.29, 0.717) is 0 Å². The lowest BCUT2D eigenvalue weighted by atomic mass is 10.2. The zero-order valence-corrected chi connectivity index (χ0v) is 11.7. The van der Waals surface area contributed by atoms with Crippen molar-refractivity contribution in [1.82, 2.24) is 9.55 Å². The Hall–Kier alpha value is -1.80. The van der Waals surface area contributed by atoms with Crippen molar-refractivity contribution in [2.75, 3.05) is 0 Å². The number of aromatic nitrogens is 2. The quantitative estimate of drug-likeness (QED) is 0.621. The van der Waals surface area contributed by atoms with Gasteiger partial charge in [0.2, 0.25) is 0 Å². The number of imidazole rings is 1. The third-order valence-corrected chi connectivity index (χ3v) is 3.40. The van der Waals surface area contributed by atoms with E-state index >= 15 is 0 Å². The molecule has 96 valence electrons. The van der Waals surface area contributed by atoms with E-state index in [0.717, 1.165) is 22.5 Å². The van der Waals surface area contributed by atoms with Crippen molar-refractivity contribution in [3.63, 3.8) is 0 Å². The number of fused-ring (bicyclic) bond motifs is 1. The Labute approximate surface area is 117 Å². The molecule has 1 heterocycles. The molecule has 0 aliphatic rings. The second kappa shape index (κ2) is 4.71. The van der Waals surface area contributed by atoms with Crippen LogP contribution in [0.4, 0.5) is 0 Å². The van der Waals surface area contributed by atoms with Crippen LogP contribution in [0.5, 0.6) is 0 Å². The molecule has 0 amide bonds. The summed E-state index contributed by atoms with van der Waals surface area (Å²) in [5.74, 6) is 0.883. The number of aryl methyl sites for hydroxylation is 1. The first-order valence-electron chi connectivity index (χ1n) is 6.35. The molecule has 1 aromatic heterocycles. The second-order valence-electron chi connectivity index (χ2n) is 4.75. The van der Waals surface area contributed by atoms with Gasteiger partial charge in [-0.2, -0.15) is 0 Å². The molecule has 3 aromatic rings. The first kappa shape index (κ1) is 12.2. The van der Waals surface area contributed by atoms with Crippen LogP contribution >= 0.6 is 11.6 Å². The number of benzene rings is 2. The summed E-state index contributed by atoms with van der Waals surface area (Å²) in [7, 11) is 0. The molecule has 0 aliphatic heterocycles. The number of alkyl halides is 1. The van der Waals surface area contributed by atoms with E-state index in [1.165, 1.54) is 5.56 Å². The molecule has 0 saturated heterocycles. The molecular formula is C16H15ClN2. The van der Waals surface area contributed by atoms with Crippen LogP contribution < -0.4 is 0 Å². The Bertz CT molecular complexity index is 728. The molecule has 2 nitrogen and oxygen atoms in total. The third kappa shape index (κ3) is 2.13. The Morgan fingerprint density at radius 1 is 1.11 bits per heavy atom. The van der Waals surface area contributed by atoms with Crippen LogP contribution in [0.1, 0.15) is 23.7 Å². The second-order valence-corrected chi connectivity index (χ2v) is 5.40. The first-order valence-corrected chi connectivity index (χ1v) is 6.79. The number of hydrogen-bond acceptors (Lipinski definition) is 1. The molecule has 0 spiro atoms. The number of hydrogen-bond donors (Lipinski definition) is 0. The highest BCUT2D eigenvalue weighted by Crippen LogP contribution is 2.28. The molecule has 19 heavy (non-hydrogen) atoms. The number of nitrogens with zero attached hydrogens (tertiary/aromatic N) is 2. The minimum Gasteiger partial charge on any atom is -0.295 e. The lowest BCUT2D eigenvalue weighted by Crippen LogP contribution is -2.01. The molecule has 1 atom stereocenters. The van der Waals surface area contributed by atoms with E-state index in [2.05, 4.69) is 46.8 Å². The highest BCUT2D eigenvalue weighted by molar-refractivity contribution is 6.20. The van der Waals surface area contributed by atoms with Gasteiger partial charge < -0.3 is 0 Å². The molecule has 0 fully saturated rings. The van der Waals surface area contributed by atoms with Gasteiger partial charge in [0, 0.05) is 5.69 Å². The van der Waals surface area contributed by atoms with Crippen molar-refractivity contribution in [2.24, 2.45) is 0 Å². The number of halogens is 1. The lowest BCUT2D eigenvalue weighted by Gasteiger charge is -2.11. The fourth-order valence-corrected chi connectivity index (χ4v) is 2.50. The lowest BCUT2D eigenvalue weighted by molar-refractivity contribution is 0.882. The van der Waals surface area contributed by atoms with Crippen LogP contribution in [0, 0.1) is 6.92 Å². The predicted octanol–water partition coefficient (Wildman–Crippen LogP) is 4.63. The molecule has 0 N–H and O–H groups in total. The Morgan fingerprint density at radius 3 is 2.63 bits per heavy atom. The van der Waals surface area contributed by atoms with E-state index in [4.69, 9.17) is 11.6 Å². The van der Waals surface area contributed by atoms with Crippen LogP contribution in [0.3, 0.4) is 0 Å². The van der Waals surface area contributed by atoms with Crippen molar-refractivity contribution >= 4 is 22.6 Å². The molecule has 0 aliphatic carbocycles. The molecule has 0 saturated carbocycles. The zero-order valence-electron chi connectivity index (χ0n) is 11.0. The van der Waals surface area contributed by atoms with Gasteiger partial charge in [-0.15, -0.1) is 11.6 Å². The van der Waals surface area contributed by atoms with E-state index in [9.17, 15) is 0 Å². The van der Waals surface area contributed by atoms with Gasteiger partial charge in [-0.1, -0.05) is 24.3 Å². The van der Waals surface area contributed by atoms with Crippen LogP contribution in [0.25, 0.3) is 16.7 Å². The summed E-state index contributed by atoms with van der Waals surface area (Å²) in [5, 5.41) is -0.132. The maximum atomic E-state index is 6.29. The molecular weight excluding hydrogens is 256 g/mol. The molecule has 1 unspecified atom stereocenters. The van der Waals surface area contributed by atoms with Crippen LogP contribution in [0.2, 0.25) is 0 Å². The van der Waals surface area contributed by atoms with Gasteiger partial charge >= 0.3 is 0 Å². The van der Waals surface area contributed by atoms with Crippen molar-refractivity contribution in [2.45, 2.75) is 19.2 Å². The monoisotopic (exact) mass is 270 g/mol. The maximum Gasteiger partial charge on any atom is 0.132 e. The van der Waals surface area contributed by atoms with Gasteiger partial charge in [-0.3, -0.25) is 4.57 Å². The van der Waals surface area contributed by atoms with Crippen molar-refractivity contribution in [3.8, 4) is 5.69 Å². The summed E-state index contributed by atoms with van der Waals surface area (Å²) in [6, 6.07) is 16.5. The smallest absolute Gasteiger partial charge is 0.132 e. The molecule has 0 bridgehead atoms. The van der Waals surface area contributed by atoms with E-state index < -0.39 is 0 Å². The normalized spacial score (nSPS) is 12.8. The molecule has 2 aromatic carbocycles. The van der Waals surface area contributed by atoms with Crippen LogP contribution in [-0.4, -0.2) is 9.55 Å². The van der Waals surface area contributed by atoms with Gasteiger partial charge in [-0.25, -0.2) is 4.98 Å². The van der Waals surface area contributed by atoms with Gasteiger partial charge in [0.15, 0.2) is 0 Å². The van der Waals surface area contributed by atoms with Crippen LogP contribution in [0.15, 0.2) is 48.5 Å². The van der Waals surface area contributed by atoms with Crippen molar-refractivity contribution in [1.29, 1.82) is 0 Å². The Morgan fingerprint density at radius 2 is 1.89 bits per heavy atom. The Balaban J connectivity index is 2.34. The van der Waals surface area contributed by atoms with E-state index in [1.807, 2.05) is 25.1 Å². The summed E-state index contributed by atoms with van der Waals surface area (Å²) in [4.78, 5) is 4.65. The van der Waals surface area contributed by atoms with Gasteiger partial charge in [0.25, 0.3) is 0 Å². The third-order valence-electron chi connectivity index (χ3n) is 3.20. The summed E-state index contributed by atoms with van der Waals surface area (Å²) in [6.45, 7) is 4.04. The highest BCUT2D eigenvalue weighted by atomic mass is 35.5. The largest absolute Gasteiger partial charge is 0.295 e. The summed E-state index contributed by atoms with van der Waals surface area (Å²) < 4.78 is 2.14.